The van der Waals surface area contributed by atoms with E-state index in [4.69, 9.17) is 5.73 Å². The number of anilines is 2. The third-order valence-electron chi connectivity index (χ3n) is 3.76. The SMILES string of the molecule is Cc1cnc(-c2cccc(N)c2)nc1NCCc1ccc(O)cc1. The van der Waals surface area contributed by atoms with Crippen molar-refractivity contribution in [3.63, 3.8) is 0 Å². The molecule has 0 saturated heterocycles. The van der Waals surface area contributed by atoms with Gasteiger partial charge in [-0.2, -0.15) is 0 Å². The van der Waals surface area contributed by atoms with Crippen LogP contribution in [0.3, 0.4) is 0 Å². The highest BCUT2D eigenvalue weighted by Crippen LogP contribution is 2.20. The van der Waals surface area contributed by atoms with Gasteiger partial charge in [-0.25, -0.2) is 9.97 Å². The molecule has 3 rings (SSSR count). The summed E-state index contributed by atoms with van der Waals surface area (Å²) in [5.74, 6) is 1.76. The van der Waals surface area contributed by atoms with Crippen LogP contribution < -0.4 is 11.1 Å². The van der Waals surface area contributed by atoms with Gasteiger partial charge in [0.05, 0.1) is 0 Å². The number of nitrogens with one attached hydrogen (secondary N) is 1. The molecule has 24 heavy (non-hydrogen) atoms. The molecule has 4 N–H and O–H groups in total. The van der Waals surface area contributed by atoms with Crippen LogP contribution in [0.1, 0.15) is 11.1 Å². The maximum Gasteiger partial charge on any atom is 0.161 e. The van der Waals surface area contributed by atoms with Gasteiger partial charge >= 0.3 is 0 Å². The standard InChI is InChI=1S/C19H20N4O/c1-13-12-22-19(15-3-2-4-16(20)11-15)23-18(13)21-10-9-14-5-7-17(24)8-6-14/h2-8,11-12,24H,9-10,20H2,1H3,(H,21,22,23). The molecule has 0 saturated carbocycles. The zero-order valence-corrected chi connectivity index (χ0v) is 13.5. The van der Waals surface area contributed by atoms with Crippen molar-refractivity contribution in [1.82, 2.24) is 9.97 Å². The van der Waals surface area contributed by atoms with Gasteiger partial charge in [0.25, 0.3) is 0 Å². The minimum atomic E-state index is 0.283. The van der Waals surface area contributed by atoms with Crippen molar-refractivity contribution >= 4 is 11.5 Å². The van der Waals surface area contributed by atoms with Crippen molar-refractivity contribution in [2.24, 2.45) is 0 Å². The summed E-state index contributed by atoms with van der Waals surface area (Å²) < 4.78 is 0. The van der Waals surface area contributed by atoms with Gasteiger partial charge in [-0.05, 0) is 43.2 Å². The molecule has 0 aliphatic heterocycles. The Morgan fingerprint density at radius 1 is 1.12 bits per heavy atom. The van der Waals surface area contributed by atoms with Crippen molar-refractivity contribution < 1.29 is 5.11 Å². The Bertz CT molecular complexity index is 831. The predicted molar refractivity (Wildman–Crippen MR) is 96.9 cm³/mol. The maximum absolute atomic E-state index is 9.31. The van der Waals surface area contributed by atoms with E-state index in [0.29, 0.717) is 11.5 Å². The quantitative estimate of drug-likeness (QED) is 0.628. The molecule has 0 bridgehead atoms. The third-order valence-corrected chi connectivity index (χ3v) is 3.76. The maximum atomic E-state index is 9.31. The van der Waals surface area contributed by atoms with E-state index in [1.807, 2.05) is 49.5 Å². The minimum Gasteiger partial charge on any atom is -0.508 e. The number of phenols is 1. The average Bonchev–Trinajstić information content (AvgIpc) is 2.58. The monoisotopic (exact) mass is 320 g/mol. The molecule has 5 heteroatoms. The van der Waals surface area contributed by atoms with E-state index >= 15 is 0 Å². The normalized spacial score (nSPS) is 10.5. The predicted octanol–water partition coefficient (Wildman–Crippen LogP) is 3.39. The second kappa shape index (κ2) is 7.00. The van der Waals surface area contributed by atoms with E-state index < -0.39 is 0 Å². The van der Waals surface area contributed by atoms with Crippen LogP contribution in [0.2, 0.25) is 0 Å². The molecule has 0 spiro atoms. The van der Waals surface area contributed by atoms with Crippen LogP contribution >= 0.6 is 0 Å². The Kier molecular flexibility index (Phi) is 4.61. The highest BCUT2D eigenvalue weighted by Gasteiger charge is 2.06. The second-order valence-corrected chi connectivity index (χ2v) is 5.69. The fourth-order valence-corrected chi connectivity index (χ4v) is 2.43. The smallest absolute Gasteiger partial charge is 0.161 e. The highest BCUT2D eigenvalue weighted by molar-refractivity contribution is 5.62. The number of aromatic nitrogens is 2. The number of hydrogen-bond donors (Lipinski definition) is 3. The third kappa shape index (κ3) is 3.81. The minimum absolute atomic E-state index is 0.283. The first-order valence-corrected chi connectivity index (χ1v) is 7.83. The number of aromatic hydroxyl groups is 1. The van der Waals surface area contributed by atoms with Gasteiger partial charge in [-0.15, -0.1) is 0 Å². The van der Waals surface area contributed by atoms with E-state index in [1.165, 1.54) is 0 Å². The molecule has 5 nitrogen and oxygen atoms in total. The lowest BCUT2D eigenvalue weighted by Crippen LogP contribution is -2.08. The van der Waals surface area contributed by atoms with Crippen LogP contribution in [0, 0.1) is 6.92 Å². The van der Waals surface area contributed by atoms with E-state index in [9.17, 15) is 5.11 Å². The molecule has 3 aromatic rings. The molecule has 122 valence electrons. The number of aryl methyl sites for hydroxylation is 1. The van der Waals surface area contributed by atoms with Crippen molar-refractivity contribution in [3.8, 4) is 17.1 Å². The topological polar surface area (TPSA) is 84.1 Å². The lowest BCUT2D eigenvalue weighted by atomic mass is 10.1. The molecule has 0 fully saturated rings. The summed E-state index contributed by atoms with van der Waals surface area (Å²) in [7, 11) is 0. The first kappa shape index (κ1) is 15.8. The molecule has 1 heterocycles. The lowest BCUT2D eigenvalue weighted by molar-refractivity contribution is 0.475. The van der Waals surface area contributed by atoms with Gasteiger partial charge in [-0.1, -0.05) is 24.3 Å². The van der Waals surface area contributed by atoms with Gasteiger partial charge in [0.1, 0.15) is 11.6 Å². The summed E-state index contributed by atoms with van der Waals surface area (Å²) in [5.41, 5.74) is 9.57. The number of phenolic OH excluding ortho intramolecular Hbond substituents is 1. The fourth-order valence-electron chi connectivity index (χ4n) is 2.43. The molecule has 0 unspecified atom stereocenters. The van der Waals surface area contributed by atoms with Crippen molar-refractivity contribution in [3.05, 3.63) is 65.9 Å². The number of nitrogens with two attached hydrogens (primary N) is 1. The van der Waals surface area contributed by atoms with Gasteiger partial charge in [0, 0.05) is 29.6 Å². The first-order chi connectivity index (χ1) is 11.6. The Hall–Kier alpha value is -3.08. The van der Waals surface area contributed by atoms with E-state index in [0.717, 1.165) is 35.5 Å². The largest absolute Gasteiger partial charge is 0.508 e. The van der Waals surface area contributed by atoms with Crippen LogP contribution in [0.4, 0.5) is 11.5 Å². The summed E-state index contributed by atoms with van der Waals surface area (Å²) in [6.45, 7) is 2.73. The van der Waals surface area contributed by atoms with E-state index in [1.54, 1.807) is 12.1 Å². The van der Waals surface area contributed by atoms with Crippen molar-refractivity contribution in [1.29, 1.82) is 0 Å². The second-order valence-electron chi connectivity index (χ2n) is 5.69. The highest BCUT2D eigenvalue weighted by atomic mass is 16.3. The molecular formula is C19H20N4O. The van der Waals surface area contributed by atoms with Crippen molar-refractivity contribution in [2.45, 2.75) is 13.3 Å². The van der Waals surface area contributed by atoms with Crippen LogP contribution in [-0.2, 0) is 6.42 Å². The molecule has 0 atom stereocenters. The molecule has 1 aromatic heterocycles. The zero-order valence-electron chi connectivity index (χ0n) is 13.5. The summed E-state index contributed by atoms with van der Waals surface area (Å²) in [6.07, 6.45) is 2.66. The molecule has 0 aliphatic carbocycles. The fraction of sp³-hybridized carbons (Fsp3) is 0.158. The van der Waals surface area contributed by atoms with Gasteiger partial charge in [0.15, 0.2) is 5.82 Å². The summed E-state index contributed by atoms with van der Waals surface area (Å²) in [6, 6.07) is 14.8. The van der Waals surface area contributed by atoms with Crippen molar-refractivity contribution in [2.75, 3.05) is 17.6 Å². The Morgan fingerprint density at radius 3 is 2.67 bits per heavy atom. The number of nitrogen functional groups attached to an aromatic ring is 1. The number of benzene rings is 2. The molecular weight excluding hydrogens is 300 g/mol. The Balaban J connectivity index is 1.71. The molecule has 2 aromatic carbocycles. The Labute approximate surface area is 141 Å². The van der Waals surface area contributed by atoms with Gasteiger partial charge in [-0.3, -0.25) is 0 Å². The number of nitrogens with zero attached hydrogens (tertiary/aromatic N) is 2. The van der Waals surface area contributed by atoms with Crippen LogP contribution in [-0.4, -0.2) is 21.6 Å². The van der Waals surface area contributed by atoms with Crippen LogP contribution in [0.25, 0.3) is 11.4 Å². The van der Waals surface area contributed by atoms with E-state index in [-0.39, 0.29) is 5.75 Å². The zero-order chi connectivity index (χ0) is 16.9. The average molecular weight is 320 g/mol. The summed E-state index contributed by atoms with van der Waals surface area (Å²) in [4.78, 5) is 9.00. The van der Waals surface area contributed by atoms with E-state index in [2.05, 4.69) is 15.3 Å². The summed E-state index contributed by atoms with van der Waals surface area (Å²) in [5, 5.41) is 12.7. The first-order valence-electron chi connectivity index (χ1n) is 7.83. The van der Waals surface area contributed by atoms with Gasteiger partial charge < -0.3 is 16.2 Å². The summed E-state index contributed by atoms with van der Waals surface area (Å²) >= 11 is 0. The number of hydrogen-bond acceptors (Lipinski definition) is 5. The van der Waals surface area contributed by atoms with Crippen LogP contribution in [0.15, 0.2) is 54.7 Å². The van der Waals surface area contributed by atoms with Crippen LogP contribution in [0.5, 0.6) is 5.75 Å². The molecule has 0 radical (unpaired) electrons. The Morgan fingerprint density at radius 2 is 1.92 bits per heavy atom. The molecule has 0 amide bonds. The molecule has 0 aliphatic rings. The van der Waals surface area contributed by atoms with Gasteiger partial charge in [0.2, 0.25) is 0 Å². The lowest BCUT2D eigenvalue weighted by Gasteiger charge is -2.10. The number of rotatable bonds is 5.